The second-order valence-electron chi connectivity index (χ2n) is 8.95. The molecule has 1 fully saturated rings. The summed E-state index contributed by atoms with van der Waals surface area (Å²) in [6.45, 7) is 6.43. The molecular formula is C26H30FN5O3. The number of aliphatic hydroxyl groups excluding tert-OH is 2. The quantitative estimate of drug-likeness (QED) is 0.315. The highest BCUT2D eigenvalue weighted by atomic mass is 19.1. The molecule has 0 saturated carbocycles. The second kappa shape index (κ2) is 11.0. The number of alkyl halides is 1. The van der Waals surface area contributed by atoms with Crippen LogP contribution in [0.2, 0.25) is 0 Å². The fourth-order valence-corrected chi connectivity index (χ4v) is 4.49. The number of hydrogen-bond donors (Lipinski definition) is 3. The lowest BCUT2D eigenvalue weighted by atomic mass is 9.99. The first kappa shape index (κ1) is 24.8. The summed E-state index contributed by atoms with van der Waals surface area (Å²) in [4.78, 5) is 13.5. The lowest BCUT2D eigenvalue weighted by molar-refractivity contribution is 0.0605. The van der Waals surface area contributed by atoms with E-state index in [-0.39, 0.29) is 25.6 Å². The Labute approximate surface area is 204 Å². The number of anilines is 1. The van der Waals surface area contributed by atoms with E-state index < -0.39 is 12.3 Å². The van der Waals surface area contributed by atoms with Crippen molar-refractivity contribution in [1.82, 2.24) is 4.90 Å². The van der Waals surface area contributed by atoms with Gasteiger partial charge in [0.2, 0.25) is 5.90 Å². The van der Waals surface area contributed by atoms with Gasteiger partial charge < -0.3 is 24.9 Å². The Kier molecular flexibility index (Phi) is 7.78. The number of aliphatic hydroxyl groups is 2. The van der Waals surface area contributed by atoms with Gasteiger partial charge in [-0.3, -0.25) is 0 Å². The van der Waals surface area contributed by atoms with Crippen LogP contribution in [0.4, 0.5) is 10.1 Å². The van der Waals surface area contributed by atoms with Gasteiger partial charge in [-0.2, -0.15) is 11.2 Å². The SMILES string of the molecule is C=C(/N=C(\ON)c1ccc(N2CC(F)C2)c(C#N)c1)c1ccc2c(c1)CCN(CC(O)CO)CC2. The van der Waals surface area contributed by atoms with Crippen molar-refractivity contribution in [1.29, 1.82) is 5.26 Å². The summed E-state index contributed by atoms with van der Waals surface area (Å²) in [5.41, 5.74) is 5.31. The summed E-state index contributed by atoms with van der Waals surface area (Å²) in [5, 5.41) is 28.5. The maximum Gasteiger partial charge on any atom is 0.245 e. The van der Waals surface area contributed by atoms with Gasteiger partial charge in [0.1, 0.15) is 12.2 Å². The van der Waals surface area contributed by atoms with Crippen LogP contribution in [0.3, 0.4) is 0 Å². The molecule has 4 rings (SSSR count). The van der Waals surface area contributed by atoms with E-state index in [9.17, 15) is 14.8 Å². The van der Waals surface area contributed by atoms with E-state index in [0.717, 1.165) is 31.5 Å². The summed E-state index contributed by atoms with van der Waals surface area (Å²) < 4.78 is 13.3. The van der Waals surface area contributed by atoms with Gasteiger partial charge in [-0.05, 0) is 53.8 Å². The van der Waals surface area contributed by atoms with Gasteiger partial charge >= 0.3 is 0 Å². The molecular weight excluding hydrogens is 449 g/mol. The minimum Gasteiger partial charge on any atom is -0.394 e. The molecule has 1 saturated heterocycles. The van der Waals surface area contributed by atoms with E-state index in [4.69, 9.17) is 15.8 Å². The summed E-state index contributed by atoms with van der Waals surface area (Å²) in [6, 6.07) is 13.4. The molecule has 35 heavy (non-hydrogen) atoms. The van der Waals surface area contributed by atoms with E-state index >= 15 is 0 Å². The largest absolute Gasteiger partial charge is 0.394 e. The van der Waals surface area contributed by atoms with Crippen LogP contribution in [0.1, 0.15) is 27.8 Å². The van der Waals surface area contributed by atoms with E-state index in [0.29, 0.717) is 29.1 Å². The number of fused-ring (bicyclic) bond motifs is 1. The summed E-state index contributed by atoms with van der Waals surface area (Å²) in [6.07, 6.45) is 0.0502. The van der Waals surface area contributed by atoms with Gasteiger partial charge in [0.15, 0.2) is 0 Å². The normalized spacial score (nSPS) is 17.7. The number of aliphatic imine (C=N–C) groups is 1. The van der Waals surface area contributed by atoms with Crippen LogP contribution < -0.4 is 10.8 Å². The Balaban J connectivity index is 1.51. The molecule has 2 aliphatic heterocycles. The van der Waals surface area contributed by atoms with Crippen LogP contribution in [-0.4, -0.2) is 72.6 Å². The van der Waals surface area contributed by atoms with Crippen molar-refractivity contribution in [2.45, 2.75) is 25.1 Å². The van der Waals surface area contributed by atoms with Crippen molar-refractivity contribution >= 4 is 17.3 Å². The number of hydrogen-bond acceptors (Lipinski definition) is 8. The van der Waals surface area contributed by atoms with E-state index in [1.807, 2.05) is 11.0 Å². The second-order valence-corrected chi connectivity index (χ2v) is 8.95. The predicted molar refractivity (Wildman–Crippen MR) is 132 cm³/mol. The van der Waals surface area contributed by atoms with Crippen LogP contribution in [0.15, 0.2) is 48.0 Å². The van der Waals surface area contributed by atoms with Crippen LogP contribution in [0.5, 0.6) is 0 Å². The molecule has 2 heterocycles. The fourth-order valence-electron chi connectivity index (χ4n) is 4.49. The first-order chi connectivity index (χ1) is 16.9. The fraction of sp³-hybridized carbons (Fsp3) is 0.385. The van der Waals surface area contributed by atoms with E-state index in [2.05, 4.69) is 34.7 Å². The maximum absolute atomic E-state index is 13.3. The zero-order valence-corrected chi connectivity index (χ0v) is 19.5. The van der Waals surface area contributed by atoms with Crippen LogP contribution in [0, 0.1) is 11.3 Å². The van der Waals surface area contributed by atoms with Crippen molar-refractivity contribution in [3.05, 3.63) is 70.8 Å². The highest BCUT2D eigenvalue weighted by molar-refractivity contribution is 5.98. The molecule has 0 amide bonds. The Bertz CT molecular complexity index is 1160. The van der Waals surface area contributed by atoms with Gasteiger partial charge in [-0.1, -0.05) is 18.7 Å². The number of benzene rings is 2. The molecule has 0 spiro atoms. The van der Waals surface area contributed by atoms with Crippen LogP contribution in [0.25, 0.3) is 5.70 Å². The van der Waals surface area contributed by atoms with E-state index in [1.54, 1.807) is 18.2 Å². The lowest BCUT2D eigenvalue weighted by Crippen LogP contribution is -2.48. The summed E-state index contributed by atoms with van der Waals surface area (Å²) >= 11 is 0. The van der Waals surface area contributed by atoms with Crippen molar-refractivity contribution in [3.63, 3.8) is 0 Å². The van der Waals surface area contributed by atoms with Crippen LogP contribution >= 0.6 is 0 Å². The highest BCUT2D eigenvalue weighted by Crippen LogP contribution is 2.28. The van der Waals surface area contributed by atoms with Gasteiger partial charge in [0.25, 0.3) is 0 Å². The Hall–Kier alpha value is -3.29. The molecule has 9 heteroatoms. The highest BCUT2D eigenvalue weighted by Gasteiger charge is 2.28. The van der Waals surface area contributed by atoms with Gasteiger partial charge in [-0.25, -0.2) is 9.38 Å². The number of nitrogens with two attached hydrogens (primary N) is 1. The van der Waals surface area contributed by atoms with Gasteiger partial charge in [0, 0.05) is 25.2 Å². The average Bonchev–Trinajstić information content (AvgIpc) is 3.06. The molecule has 0 aromatic heterocycles. The first-order valence-corrected chi connectivity index (χ1v) is 11.6. The third-order valence-electron chi connectivity index (χ3n) is 6.50. The molecule has 0 bridgehead atoms. The van der Waals surface area contributed by atoms with Crippen molar-refractivity contribution in [3.8, 4) is 6.07 Å². The minimum atomic E-state index is -0.870. The lowest BCUT2D eigenvalue weighted by Gasteiger charge is -2.36. The number of β-amino-alcohol motifs (C(OH)–C–C–N with tert-alkyl or cyclic N) is 1. The molecule has 0 radical (unpaired) electrons. The zero-order chi connectivity index (χ0) is 24.9. The predicted octanol–water partition coefficient (Wildman–Crippen LogP) is 1.78. The number of nitriles is 1. The van der Waals surface area contributed by atoms with Gasteiger partial charge in [-0.15, -0.1) is 0 Å². The number of rotatable bonds is 7. The number of halogens is 1. The molecule has 2 aromatic rings. The van der Waals surface area contributed by atoms with Crippen LogP contribution in [-0.2, 0) is 17.7 Å². The zero-order valence-electron chi connectivity index (χ0n) is 19.5. The third kappa shape index (κ3) is 5.69. The third-order valence-corrected chi connectivity index (χ3v) is 6.50. The molecule has 0 aliphatic carbocycles. The first-order valence-electron chi connectivity index (χ1n) is 11.6. The molecule has 1 atom stereocenters. The summed E-state index contributed by atoms with van der Waals surface area (Å²) in [5.74, 6) is 5.64. The average molecular weight is 480 g/mol. The van der Waals surface area contributed by atoms with Crippen molar-refractivity contribution < 1.29 is 19.4 Å². The van der Waals surface area contributed by atoms with Crippen molar-refractivity contribution in [2.75, 3.05) is 44.2 Å². The number of nitrogens with zero attached hydrogens (tertiary/aromatic N) is 4. The molecule has 1 unspecified atom stereocenters. The standard InChI is InChI=1S/C26H30FN5O3/c1-17(19-3-2-18-6-8-31(15-24(34)16-33)9-7-20(18)10-19)30-26(35-29)21-4-5-25(22(11-21)12-28)32-13-23(27)14-32/h2-5,10-11,23-24,33-34H,1,6-9,13-16,29H2/b30-26-. The van der Waals surface area contributed by atoms with Gasteiger partial charge in [0.05, 0.1) is 42.7 Å². The monoisotopic (exact) mass is 479 g/mol. The minimum absolute atomic E-state index is 0.129. The Morgan fingerprint density at radius 1 is 1.20 bits per heavy atom. The molecule has 2 aliphatic rings. The smallest absolute Gasteiger partial charge is 0.245 e. The molecule has 184 valence electrons. The molecule has 8 nitrogen and oxygen atoms in total. The maximum atomic E-state index is 13.3. The topological polar surface area (TPSA) is 118 Å². The van der Waals surface area contributed by atoms with Crippen molar-refractivity contribution in [2.24, 2.45) is 10.9 Å². The van der Waals surface area contributed by atoms with E-state index in [1.165, 1.54) is 11.1 Å². The summed E-state index contributed by atoms with van der Waals surface area (Å²) in [7, 11) is 0. The Morgan fingerprint density at radius 2 is 1.91 bits per heavy atom. The molecule has 4 N–H and O–H groups in total. The molecule has 2 aromatic carbocycles. The Morgan fingerprint density at radius 3 is 2.57 bits per heavy atom.